The molecule has 1 aliphatic carbocycles. The van der Waals surface area contributed by atoms with Gasteiger partial charge < -0.3 is 15.0 Å². The molecule has 0 spiro atoms. The third kappa shape index (κ3) is 2.51. The molecule has 1 amide bonds. The Kier molecular flexibility index (Phi) is 4.51. The van der Waals surface area contributed by atoms with Crippen molar-refractivity contribution in [2.24, 2.45) is 5.92 Å². The van der Waals surface area contributed by atoms with Crippen LogP contribution in [0.5, 0.6) is 0 Å². The van der Waals surface area contributed by atoms with Crippen LogP contribution < -0.4 is 5.32 Å². The predicted octanol–water partition coefficient (Wildman–Crippen LogP) is 1.19. The number of carbonyl (C=O) groups excluding carboxylic acids is 1. The lowest BCUT2D eigenvalue weighted by molar-refractivity contribution is -0.136. The van der Waals surface area contributed by atoms with Crippen LogP contribution in [-0.2, 0) is 9.53 Å². The molecule has 4 atom stereocenters. The molecular weight excluding hydrogens is 252 g/mol. The normalized spacial score (nSPS) is 37.9. The van der Waals surface area contributed by atoms with E-state index in [0.717, 1.165) is 32.5 Å². The molecule has 0 aromatic carbocycles. The van der Waals surface area contributed by atoms with Crippen LogP contribution in [0.15, 0.2) is 0 Å². The molecule has 104 valence electrons. The Morgan fingerprint density at radius 3 is 2.89 bits per heavy atom. The van der Waals surface area contributed by atoms with E-state index >= 15 is 0 Å². The number of hydrogen-bond donors (Lipinski definition) is 1. The second-order valence-electron chi connectivity index (χ2n) is 5.46. The average molecular weight is 275 g/mol. The quantitative estimate of drug-likeness (QED) is 0.841. The Morgan fingerprint density at radius 1 is 1.33 bits per heavy atom. The minimum atomic E-state index is 0. The number of halogens is 1. The molecule has 1 N–H and O–H groups in total. The van der Waals surface area contributed by atoms with Gasteiger partial charge in [0, 0.05) is 25.2 Å². The second-order valence-corrected chi connectivity index (χ2v) is 5.46. The number of rotatable bonds is 3. The number of hydrogen-bond acceptors (Lipinski definition) is 3. The van der Waals surface area contributed by atoms with Gasteiger partial charge in [0.25, 0.3) is 0 Å². The third-order valence-corrected chi connectivity index (χ3v) is 4.34. The summed E-state index contributed by atoms with van der Waals surface area (Å²) in [5.74, 6) is 0.524. The maximum Gasteiger partial charge on any atom is 0.228 e. The largest absolute Gasteiger partial charge is 0.378 e. The topological polar surface area (TPSA) is 41.6 Å². The molecule has 3 aliphatic rings. The van der Waals surface area contributed by atoms with Crippen LogP contribution in [0.3, 0.4) is 0 Å². The molecule has 4 nitrogen and oxygen atoms in total. The molecule has 18 heavy (non-hydrogen) atoms. The highest BCUT2D eigenvalue weighted by Gasteiger charge is 2.50. The standard InChI is InChI=1S/C13H22N2O2.ClH/c1-2-17-12-7-11(12)13(16)15-9-3-4-10(15)8-14-6-5-9;/h9-12,14H,2-8H2,1H3;1H. The molecule has 3 rings (SSSR count). The SMILES string of the molecule is CCOC1CC1C(=O)N1C2CCNCC1CC2.Cl. The Labute approximate surface area is 115 Å². The van der Waals surface area contributed by atoms with Crippen LogP contribution in [-0.4, -0.2) is 48.7 Å². The van der Waals surface area contributed by atoms with Crippen LogP contribution in [0.1, 0.15) is 32.6 Å². The molecule has 0 aromatic heterocycles. The predicted molar refractivity (Wildman–Crippen MR) is 71.9 cm³/mol. The minimum Gasteiger partial charge on any atom is -0.378 e. The summed E-state index contributed by atoms with van der Waals surface area (Å²) in [5.41, 5.74) is 0. The van der Waals surface area contributed by atoms with E-state index in [1.54, 1.807) is 0 Å². The van der Waals surface area contributed by atoms with Crippen LogP contribution in [0.4, 0.5) is 0 Å². The molecule has 0 radical (unpaired) electrons. The summed E-state index contributed by atoms with van der Waals surface area (Å²) in [6.45, 7) is 4.76. The van der Waals surface area contributed by atoms with Crippen molar-refractivity contribution < 1.29 is 9.53 Å². The highest BCUT2D eigenvalue weighted by Crippen LogP contribution is 2.39. The maximum absolute atomic E-state index is 12.5. The van der Waals surface area contributed by atoms with Gasteiger partial charge in [0.2, 0.25) is 5.91 Å². The van der Waals surface area contributed by atoms with Crippen LogP contribution >= 0.6 is 12.4 Å². The second kappa shape index (κ2) is 5.76. The number of ether oxygens (including phenoxy) is 1. The monoisotopic (exact) mass is 274 g/mol. The van der Waals surface area contributed by atoms with Crippen LogP contribution in [0, 0.1) is 5.92 Å². The van der Waals surface area contributed by atoms with Crippen molar-refractivity contribution in [2.45, 2.75) is 50.8 Å². The van der Waals surface area contributed by atoms with Crippen molar-refractivity contribution in [3.05, 3.63) is 0 Å². The Morgan fingerprint density at radius 2 is 2.11 bits per heavy atom. The van der Waals surface area contributed by atoms with Gasteiger partial charge in [-0.1, -0.05) is 0 Å². The highest BCUT2D eigenvalue weighted by molar-refractivity contribution is 5.85. The first kappa shape index (κ1) is 14.1. The van der Waals surface area contributed by atoms with Gasteiger partial charge in [-0.3, -0.25) is 4.79 Å². The van der Waals surface area contributed by atoms with Crippen molar-refractivity contribution in [1.29, 1.82) is 0 Å². The van der Waals surface area contributed by atoms with Gasteiger partial charge in [0.1, 0.15) is 0 Å². The minimum absolute atomic E-state index is 0. The molecule has 0 aromatic rings. The smallest absolute Gasteiger partial charge is 0.228 e. The van der Waals surface area contributed by atoms with Gasteiger partial charge in [0.05, 0.1) is 12.0 Å². The first-order chi connectivity index (χ1) is 8.31. The van der Waals surface area contributed by atoms with Gasteiger partial charge in [0.15, 0.2) is 0 Å². The van der Waals surface area contributed by atoms with E-state index in [4.69, 9.17) is 4.74 Å². The molecule has 2 aliphatic heterocycles. The van der Waals surface area contributed by atoms with Gasteiger partial charge in [-0.15, -0.1) is 12.4 Å². The van der Waals surface area contributed by atoms with E-state index in [9.17, 15) is 4.79 Å². The number of nitrogens with one attached hydrogen (secondary N) is 1. The van der Waals surface area contributed by atoms with Crippen molar-refractivity contribution in [3.8, 4) is 0 Å². The Balaban J connectivity index is 0.00000120. The summed E-state index contributed by atoms with van der Waals surface area (Å²) in [7, 11) is 0. The van der Waals surface area contributed by atoms with Crippen molar-refractivity contribution in [3.63, 3.8) is 0 Å². The molecule has 2 heterocycles. The lowest BCUT2D eigenvalue weighted by Gasteiger charge is -2.28. The fourth-order valence-corrected chi connectivity index (χ4v) is 3.36. The summed E-state index contributed by atoms with van der Waals surface area (Å²) < 4.78 is 5.54. The number of amides is 1. The lowest BCUT2D eigenvalue weighted by atomic mass is 10.1. The molecule has 5 heteroatoms. The van der Waals surface area contributed by atoms with Crippen molar-refractivity contribution in [2.75, 3.05) is 19.7 Å². The number of fused-ring (bicyclic) bond motifs is 2. The van der Waals surface area contributed by atoms with Crippen LogP contribution in [0.2, 0.25) is 0 Å². The van der Waals surface area contributed by atoms with E-state index in [1.165, 1.54) is 12.8 Å². The zero-order chi connectivity index (χ0) is 11.8. The van der Waals surface area contributed by atoms with Gasteiger partial charge in [-0.2, -0.15) is 0 Å². The van der Waals surface area contributed by atoms with E-state index in [-0.39, 0.29) is 24.4 Å². The molecule has 2 saturated heterocycles. The fraction of sp³-hybridized carbons (Fsp3) is 0.923. The Bertz CT molecular complexity index is 299. The third-order valence-electron chi connectivity index (χ3n) is 4.34. The van der Waals surface area contributed by atoms with Gasteiger partial charge in [-0.25, -0.2) is 0 Å². The zero-order valence-corrected chi connectivity index (χ0v) is 11.7. The van der Waals surface area contributed by atoms with E-state index in [2.05, 4.69) is 10.2 Å². The van der Waals surface area contributed by atoms with E-state index < -0.39 is 0 Å². The first-order valence-corrected chi connectivity index (χ1v) is 6.95. The molecular formula is C13H23ClN2O2. The summed E-state index contributed by atoms with van der Waals surface area (Å²) in [5, 5.41) is 3.43. The average Bonchev–Trinajstić information content (AvgIpc) is 2.97. The van der Waals surface area contributed by atoms with Crippen molar-refractivity contribution in [1.82, 2.24) is 10.2 Å². The fourth-order valence-electron chi connectivity index (χ4n) is 3.36. The molecule has 3 fully saturated rings. The van der Waals surface area contributed by atoms with E-state index in [1.807, 2.05) is 6.92 Å². The highest BCUT2D eigenvalue weighted by atomic mass is 35.5. The number of carbonyl (C=O) groups is 1. The van der Waals surface area contributed by atoms with Gasteiger partial charge >= 0.3 is 0 Å². The van der Waals surface area contributed by atoms with Gasteiger partial charge in [-0.05, 0) is 39.2 Å². The van der Waals surface area contributed by atoms with Crippen LogP contribution in [0.25, 0.3) is 0 Å². The summed E-state index contributed by atoms with van der Waals surface area (Å²) in [6.07, 6.45) is 4.65. The Hall–Kier alpha value is -0.320. The summed E-state index contributed by atoms with van der Waals surface area (Å²) in [6, 6.07) is 0.934. The maximum atomic E-state index is 12.5. The molecule has 1 saturated carbocycles. The molecule has 4 unspecified atom stereocenters. The summed E-state index contributed by atoms with van der Waals surface area (Å²) in [4.78, 5) is 14.7. The van der Waals surface area contributed by atoms with E-state index in [0.29, 0.717) is 18.0 Å². The number of nitrogens with zero attached hydrogens (tertiary/aromatic N) is 1. The van der Waals surface area contributed by atoms with Crippen molar-refractivity contribution >= 4 is 18.3 Å². The summed E-state index contributed by atoms with van der Waals surface area (Å²) >= 11 is 0. The molecule has 2 bridgehead atoms. The first-order valence-electron chi connectivity index (χ1n) is 6.95. The lowest BCUT2D eigenvalue weighted by Crippen LogP contribution is -2.43. The zero-order valence-electron chi connectivity index (χ0n) is 10.9.